The average Bonchev–Trinajstić information content (AvgIpc) is 1.74. The molecule has 715 valence electrons. The van der Waals surface area contributed by atoms with Crippen molar-refractivity contribution in [3.05, 3.63) is 456 Å². The Hall–Kier alpha value is -12.9. The van der Waals surface area contributed by atoms with E-state index < -0.39 is 0 Å². The predicted octanol–water partition coefficient (Wildman–Crippen LogP) is 35.7. The number of imidazole rings is 3. The van der Waals surface area contributed by atoms with Crippen molar-refractivity contribution < 1.29 is 60.3 Å². The number of nitrogens with zero attached hydrogens (tertiary/aromatic N) is 6. The van der Waals surface area contributed by atoms with Gasteiger partial charge >= 0.3 is 0 Å². The number of rotatable bonds is 18. The zero-order valence-corrected chi connectivity index (χ0v) is 92.3. The smallest absolute Gasteiger partial charge is 0.0603 e. The van der Waals surface area contributed by atoms with E-state index in [0.29, 0.717) is 11.8 Å². The molecule has 0 fully saturated rings. The van der Waals surface area contributed by atoms with Crippen molar-refractivity contribution in [3.63, 3.8) is 0 Å². The second-order valence-electron chi connectivity index (χ2n) is 41.8. The summed E-state index contributed by atoms with van der Waals surface area (Å²) in [7, 11) is 0. The molecule has 0 unspecified atom stereocenters. The van der Waals surface area contributed by atoms with Crippen molar-refractivity contribution in [2.75, 3.05) is 0 Å². The summed E-state index contributed by atoms with van der Waals surface area (Å²) in [6.07, 6.45) is 11.8. The number of hydrogen-bond acceptors (Lipinski definition) is 3. The normalized spacial score (nSPS) is 11.5. The van der Waals surface area contributed by atoms with E-state index >= 15 is 0 Å². The van der Waals surface area contributed by atoms with Crippen LogP contribution < -0.4 is 0 Å². The van der Waals surface area contributed by atoms with E-state index in [4.69, 9.17) is 15.0 Å². The molecule has 0 aliphatic rings. The number of aryl methyl sites for hydroxylation is 4. The van der Waals surface area contributed by atoms with E-state index in [-0.39, 0.29) is 82.0 Å². The fraction of sp³-hybridized carbons (Fsp3) is 0.205. The number of aromatic nitrogens is 6. The van der Waals surface area contributed by atoms with E-state index in [1.165, 1.54) is 173 Å². The summed E-state index contributed by atoms with van der Waals surface area (Å²) in [6.45, 7) is 47.3. The summed E-state index contributed by atoms with van der Waals surface area (Å²) in [5.41, 5.74) is 45.2. The minimum Gasteiger partial charge on any atom is -0.340 e. The molecule has 19 rings (SSSR count). The maximum Gasteiger partial charge on any atom is 0.0603 e. The Kier molecular flexibility index (Phi) is 32.5. The Bertz CT molecular complexity index is 7330. The largest absolute Gasteiger partial charge is 0.340 e. The van der Waals surface area contributed by atoms with Crippen LogP contribution in [0.25, 0.3) is 162 Å². The van der Waals surface area contributed by atoms with Gasteiger partial charge in [-0.15, -0.1) is 107 Å². The topological polar surface area (TPSA) is 53.5 Å². The molecule has 0 saturated heterocycles. The summed E-state index contributed by atoms with van der Waals surface area (Å²) in [5.74, 6) is 3.31. The molecule has 3 radical (unpaired) electrons. The SMILES string of the molecule is CC(C)c1cc(-c2cc(-c3ccc(C(C)(C)C)cc3)cc(-c3ccc(C(C)(C)C)cc3)c2)cc(C(C)C)c1-n1ccnc1-c1[c-]cccc1.Cc1cccc(C)c1-n1ccnc1-c1[c-]ccc(-c2cc(-c3ccc(C(C)(C)C)cc3)cc(-c3ccc(C(C)(C)C)cc3)c2C)c1.Cc1cccc(C)c1-n1ccnc1-c1[c-]ccc(-c2cccc(-c3cc(-c4ccccc4)cc(-c4ccccc4)c3)c2)c1.[Ir].[Ir].[Ir]. The van der Waals surface area contributed by atoms with Crippen LogP contribution in [0.5, 0.6) is 0 Å². The Morgan fingerprint density at radius 2 is 0.496 bits per heavy atom. The Morgan fingerprint density at radius 3 is 0.865 bits per heavy atom. The van der Waals surface area contributed by atoms with Crippen molar-refractivity contribution in [2.24, 2.45) is 0 Å². The van der Waals surface area contributed by atoms with Crippen LogP contribution in [0, 0.1) is 52.8 Å². The molecule has 9 heteroatoms. The van der Waals surface area contributed by atoms with Gasteiger partial charge in [0.05, 0.1) is 17.5 Å². The first kappa shape index (κ1) is 104. The van der Waals surface area contributed by atoms with Crippen molar-refractivity contribution in [1.29, 1.82) is 0 Å². The fourth-order valence-corrected chi connectivity index (χ4v) is 19.0. The molecule has 0 aliphatic heterocycles. The second kappa shape index (κ2) is 44.1. The molecule has 0 atom stereocenters. The molecule has 0 saturated carbocycles. The van der Waals surface area contributed by atoms with Gasteiger partial charge in [0, 0.05) is 115 Å². The molecular weight excluding hydrogens is 2250 g/mol. The summed E-state index contributed by atoms with van der Waals surface area (Å²) in [5, 5.41) is 0. The zero-order valence-electron chi connectivity index (χ0n) is 85.1. The molecule has 0 bridgehead atoms. The fourth-order valence-electron chi connectivity index (χ4n) is 19.0. The van der Waals surface area contributed by atoms with Crippen LogP contribution >= 0.6 is 0 Å². The molecule has 0 N–H and O–H groups in total. The van der Waals surface area contributed by atoms with Gasteiger partial charge in [-0.2, -0.15) is 0 Å². The molecule has 6 nitrogen and oxygen atoms in total. The molecule has 0 aliphatic carbocycles. The summed E-state index contributed by atoms with van der Waals surface area (Å²) >= 11 is 0. The van der Waals surface area contributed by atoms with Crippen LogP contribution in [-0.4, -0.2) is 28.7 Å². The summed E-state index contributed by atoms with van der Waals surface area (Å²) in [4.78, 5) is 14.4. The quantitative estimate of drug-likeness (QED) is 0.0805. The van der Waals surface area contributed by atoms with Crippen LogP contribution in [0.15, 0.2) is 377 Å². The van der Waals surface area contributed by atoms with Gasteiger partial charge in [-0.3, -0.25) is 15.0 Å². The van der Waals surface area contributed by atoms with Crippen LogP contribution in [0.3, 0.4) is 0 Å². The molecular formula is C132H127Ir3N6-3. The molecule has 3 heterocycles. The third-order valence-corrected chi connectivity index (χ3v) is 26.9. The number of benzene rings is 16. The van der Waals surface area contributed by atoms with Crippen molar-refractivity contribution in [3.8, 4) is 162 Å². The minimum absolute atomic E-state index is 0. The van der Waals surface area contributed by atoms with E-state index in [1.54, 1.807) is 0 Å². The first-order chi connectivity index (χ1) is 66.1. The molecule has 0 spiro atoms. The van der Waals surface area contributed by atoms with Gasteiger partial charge in [-0.05, 0) is 296 Å². The van der Waals surface area contributed by atoms with Crippen molar-refractivity contribution in [1.82, 2.24) is 28.7 Å². The first-order valence-corrected chi connectivity index (χ1v) is 48.7. The van der Waals surface area contributed by atoms with E-state index in [1.807, 2.05) is 49.1 Å². The maximum atomic E-state index is 4.82. The van der Waals surface area contributed by atoms with Crippen LogP contribution in [0.4, 0.5) is 0 Å². The van der Waals surface area contributed by atoms with E-state index in [9.17, 15) is 0 Å². The molecule has 19 aromatic rings. The monoisotopic (exact) mass is 2370 g/mol. The zero-order chi connectivity index (χ0) is 97.1. The van der Waals surface area contributed by atoms with Gasteiger partial charge < -0.3 is 13.7 Å². The molecule has 16 aromatic carbocycles. The molecule has 0 amide bonds. The van der Waals surface area contributed by atoms with Gasteiger partial charge in [0.2, 0.25) is 0 Å². The first-order valence-electron chi connectivity index (χ1n) is 48.7. The molecule has 3 aromatic heterocycles. The number of para-hydroxylation sites is 2. The number of hydrogen-bond donors (Lipinski definition) is 0. The summed E-state index contributed by atoms with van der Waals surface area (Å²) in [6, 6.07) is 134. The van der Waals surface area contributed by atoms with Crippen molar-refractivity contribution in [2.45, 2.75) is 179 Å². The standard InChI is InChI=1S/C47H51N2.C44H45N2.C41H31N2.3Ir/c1-31(2)42-29-39(30-43(32(3)4)44(42)49-25-24-48-45(49)35-14-12-11-13-15-35)38-27-36(33-16-20-40(21-17-33)46(5,6)7)26-37(28-38)34-18-22-41(23-19-34)47(8,9)10;1-29-12-10-13-30(2)41(29)46-25-24-45-42(46)35-15-11-14-34(26-35)40-28-36(32-16-20-37(21-17-32)43(4,5)6)27-39(31(40)3)33-18-22-38(23-19-33)44(7,8)9;1-29-12-9-13-30(2)40(29)43-23-22-42-41(43)36-21-11-19-34(25-36)33-18-10-20-35(24-33)39-27-37(31-14-5-3-6-15-31)26-38(28-39)32-16-7-4-8-17-32;;;/h11-14,16-32H,1-10H3;10-14,16-28H,1-9H3;3-20,22-28H,1-2H3;;;/q3*-1;;;. The molecule has 141 heavy (non-hydrogen) atoms. The van der Waals surface area contributed by atoms with Crippen LogP contribution in [0.1, 0.15) is 184 Å². The van der Waals surface area contributed by atoms with Gasteiger partial charge in [-0.1, -0.05) is 323 Å². The summed E-state index contributed by atoms with van der Waals surface area (Å²) < 4.78 is 6.65. The van der Waals surface area contributed by atoms with Gasteiger partial charge in [0.15, 0.2) is 0 Å². The Labute approximate surface area is 879 Å². The van der Waals surface area contributed by atoms with E-state index in [0.717, 1.165) is 50.9 Å². The Morgan fingerprint density at radius 1 is 0.227 bits per heavy atom. The minimum atomic E-state index is 0. The van der Waals surface area contributed by atoms with E-state index in [2.05, 4.69) is 505 Å². The van der Waals surface area contributed by atoms with Gasteiger partial charge in [0.25, 0.3) is 0 Å². The Balaban J connectivity index is 0.000000167. The average molecular weight is 2370 g/mol. The van der Waals surface area contributed by atoms with Crippen LogP contribution in [0.2, 0.25) is 0 Å². The second-order valence-corrected chi connectivity index (χ2v) is 41.8. The van der Waals surface area contributed by atoms with Gasteiger partial charge in [0.1, 0.15) is 0 Å². The van der Waals surface area contributed by atoms with Crippen molar-refractivity contribution >= 4 is 0 Å². The third-order valence-electron chi connectivity index (χ3n) is 26.9. The predicted molar refractivity (Wildman–Crippen MR) is 585 cm³/mol. The maximum absolute atomic E-state index is 4.82. The van der Waals surface area contributed by atoms with Gasteiger partial charge in [-0.25, -0.2) is 0 Å². The third kappa shape index (κ3) is 23.5. The van der Waals surface area contributed by atoms with Crippen LogP contribution in [-0.2, 0) is 82.0 Å².